The summed E-state index contributed by atoms with van der Waals surface area (Å²) in [6.45, 7) is 3.94. The molecular weight excluding hydrogens is 344 g/mol. The number of hydrogen-bond acceptors (Lipinski definition) is 3. The predicted octanol–water partition coefficient (Wildman–Crippen LogP) is 3.59. The second-order valence-electron chi connectivity index (χ2n) is 6.56. The highest BCUT2D eigenvalue weighted by atomic mass is 16.5. The number of carbonyl (C=O) groups excluding carboxylic acids is 1. The van der Waals surface area contributed by atoms with Gasteiger partial charge in [0.2, 0.25) is 0 Å². The number of nitrogens with one attached hydrogen (secondary N) is 2. The first-order valence-electron chi connectivity index (χ1n) is 8.90. The van der Waals surface area contributed by atoms with Crippen LogP contribution in [0.25, 0.3) is 11.0 Å². The summed E-state index contributed by atoms with van der Waals surface area (Å²) in [6, 6.07) is 12.6. The van der Waals surface area contributed by atoms with Crippen LogP contribution in [0, 0.1) is 0 Å². The molecule has 0 unspecified atom stereocenters. The van der Waals surface area contributed by atoms with Crippen LogP contribution in [0.5, 0.6) is 11.5 Å². The monoisotopic (exact) mass is 368 g/mol. The van der Waals surface area contributed by atoms with Crippen LogP contribution < -0.4 is 21.1 Å². The number of fused-ring (bicyclic) bond motifs is 1. The average Bonchev–Trinajstić information content (AvgIpc) is 2.86. The first-order chi connectivity index (χ1) is 12.9. The minimum Gasteiger partial charge on any atom is -0.455 e. The van der Waals surface area contributed by atoms with E-state index in [-0.39, 0.29) is 17.8 Å². The molecular formula is C20H24N4O3. The zero-order valence-electron chi connectivity index (χ0n) is 15.9. The second-order valence-corrected chi connectivity index (χ2v) is 6.56. The molecule has 3 aromatic rings. The van der Waals surface area contributed by atoms with Gasteiger partial charge in [0.05, 0.1) is 16.7 Å². The summed E-state index contributed by atoms with van der Waals surface area (Å²) >= 11 is 0. The van der Waals surface area contributed by atoms with Crippen molar-refractivity contribution in [1.82, 2.24) is 14.5 Å². The molecule has 0 fully saturated rings. The van der Waals surface area contributed by atoms with Gasteiger partial charge in [0, 0.05) is 26.2 Å². The molecule has 7 nitrogen and oxygen atoms in total. The van der Waals surface area contributed by atoms with Crippen LogP contribution >= 0.6 is 0 Å². The second kappa shape index (κ2) is 7.57. The first-order valence-corrected chi connectivity index (χ1v) is 8.90. The number of amides is 2. The van der Waals surface area contributed by atoms with E-state index in [1.807, 2.05) is 44.2 Å². The Kier molecular flexibility index (Phi) is 5.21. The maximum Gasteiger partial charge on any atom is 0.328 e. The Hall–Kier alpha value is -3.22. The number of imidazole rings is 1. The fourth-order valence-corrected chi connectivity index (χ4v) is 2.81. The number of aromatic nitrogens is 2. The number of ether oxygens (including phenoxy) is 1. The molecule has 2 N–H and O–H groups in total. The van der Waals surface area contributed by atoms with E-state index in [1.54, 1.807) is 35.4 Å². The van der Waals surface area contributed by atoms with Gasteiger partial charge in [0.15, 0.2) is 5.75 Å². The third-order valence-corrected chi connectivity index (χ3v) is 4.58. The van der Waals surface area contributed by atoms with Gasteiger partial charge in [-0.3, -0.25) is 9.13 Å². The van der Waals surface area contributed by atoms with Gasteiger partial charge in [0.25, 0.3) is 0 Å². The maximum absolute atomic E-state index is 12.3. The Bertz CT molecular complexity index is 1020. The standard InChI is InChI=1S/C20H24N4O3/c1-5-13(2)21-19(25)22-15-11-16-17(24(4)20(26)23(16)3)12-18(15)27-14-9-7-6-8-10-14/h6-13H,5H2,1-4H3,(H2,21,22,25)/t13-/m0/s1. The van der Waals surface area contributed by atoms with Gasteiger partial charge >= 0.3 is 11.7 Å². The highest BCUT2D eigenvalue weighted by Gasteiger charge is 2.16. The van der Waals surface area contributed by atoms with Crippen LogP contribution in [0.2, 0.25) is 0 Å². The van der Waals surface area contributed by atoms with E-state index >= 15 is 0 Å². The van der Waals surface area contributed by atoms with Crippen molar-refractivity contribution in [1.29, 1.82) is 0 Å². The van der Waals surface area contributed by atoms with E-state index in [9.17, 15) is 9.59 Å². The molecule has 0 aliphatic carbocycles. The Morgan fingerprint density at radius 2 is 1.74 bits per heavy atom. The molecule has 0 saturated heterocycles. The number of aryl methyl sites for hydroxylation is 2. The van der Waals surface area contributed by atoms with Crippen LogP contribution in [0.3, 0.4) is 0 Å². The zero-order valence-corrected chi connectivity index (χ0v) is 15.9. The number of para-hydroxylation sites is 1. The summed E-state index contributed by atoms with van der Waals surface area (Å²) in [5.41, 5.74) is 1.79. The molecule has 142 valence electrons. The molecule has 27 heavy (non-hydrogen) atoms. The van der Waals surface area contributed by atoms with E-state index in [0.29, 0.717) is 22.7 Å². The third kappa shape index (κ3) is 3.81. The molecule has 1 atom stereocenters. The largest absolute Gasteiger partial charge is 0.455 e. The Morgan fingerprint density at radius 3 is 2.37 bits per heavy atom. The summed E-state index contributed by atoms with van der Waals surface area (Å²) < 4.78 is 9.08. The number of benzene rings is 2. The molecule has 0 bridgehead atoms. The van der Waals surface area contributed by atoms with Crippen LogP contribution in [-0.2, 0) is 14.1 Å². The van der Waals surface area contributed by atoms with Gasteiger partial charge in [0.1, 0.15) is 5.75 Å². The summed E-state index contributed by atoms with van der Waals surface area (Å²) in [6.07, 6.45) is 0.826. The highest BCUT2D eigenvalue weighted by Crippen LogP contribution is 2.33. The fourth-order valence-electron chi connectivity index (χ4n) is 2.81. The van der Waals surface area contributed by atoms with E-state index in [1.165, 1.54) is 0 Å². The van der Waals surface area contributed by atoms with Crippen molar-refractivity contribution in [3.05, 3.63) is 52.9 Å². The lowest BCUT2D eigenvalue weighted by molar-refractivity contribution is 0.249. The van der Waals surface area contributed by atoms with Gasteiger partial charge in [-0.1, -0.05) is 25.1 Å². The molecule has 7 heteroatoms. The molecule has 0 saturated carbocycles. The highest BCUT2D eigenvalue weighted by molar-refractivity contribution is 5.95. The van der Waals surface area contributed by atoms with Crippen LogP contribution in [0.4, 0.5) is 10.5 Å². The number of rotatable bonds is 5. The van der Waals surface area contributed by atoms with E-state index < -0.39 is 0 Å². The summed E-state index contributed by atoms with van der Waals surface area (Å²) in [5.74, 6) is 1.11. The lowest BCUT2D eigenvalue weighted by atomic mass is 10.2. The average molecular weight is 368 g/mol. The fraction of sp³-hybridized carbons (Fsp3) is 0.300. The van der Waals surface area contributed by atoms with Gasteiger partial charge in [-0.2, -0.15) is 0 Å². The molecule has 0 aliphatic heterocycles. The molecule has 3 rings (SSSR count). The zero-order chi connectivity index (χ0) is 19.6. The molecule has 1 aromatic heterocycles. The summed E-state index contributed by atoms with van der Waals surface area (Å²) in [5, 5.41) is 5.71. The van der Waals surface area contributed by atoms with Crippen molar-refractivity contribution in [2.45, 2.75) is 26.3 Å². The van der Waals surface area contributed by atoms with E-state index in [4.69, 9.17) is 4.74 Å². The van der Waals surface area contributed by atoms with Crippen LogP contribution in [-0.4, -0.2) is 21.2 Å². The first kappa shape index (κ1) is 18.6. The molecule has 0 aliphatic rings. The quantitative estimate of drug-likeness (QED) is 0.722. The molecule has 1 heterocycles. The molecule has 0 spiro atoms. The molecule has 2 amide bonds. The van der Waals surface area contributed by atoms with Crippen molar-refractivity contribution in [2.24, 2.45) is 14.1 Å². The number of carbonyl (C=O) groups is 1. The molecule has 0 radical (unpaired) electrons. The minimum absolute atomic E-state index is 0.0494. The lowest BCUT2D eigenvalue weighted by Gasteiger charge is -2.16. The van der Waals surface area contributed by atoms with Crippen molar-refractivity contribution in [3.63, 3.8) is 0 Å². The van der Waals surface area contributed by atoms with Crippen molar-refractivity contribution in [2.75, 3.05) is 5.32 Å². The van der Waals surface area contributed by atoms with Crippen molar-refractivity contribution in [3.8, 4) is 11.5 Å². The third-order valence-electron chi connectivity index (χ3n) is 4.58. The van der Waals surface area contributed by atoms with Crippen LogP contribution in [0.15, 0.2) is 47.3 Å². The lowest BCUT2D eigenvalue weighted by Crippen LogP contribution is -2.35. The number of urea groups is 1. The SMILES string of the molecule is CC[C@H](C)NC(=O)Nc1cc2c(cc1Oc1ccccc1)n(C)c(=O)n2C. The van der Waals surface area contributed by atoms with Gasteiger partial charge < -0.3 is 15.4 Å². The van der Waals surface area contributed by atoms with E-state index in [0.717, 1.165) is 11.9 Å². The molecule has 2 aromatic carbocycles. The maximum atomic E-state index is 12.3. The summed E-state index contributed by atoms with van der Waals surface area (Å²) in [4.78, 5) is 24.6. The number of hydrogen-bond donors (Lipinski definition) is 2. The van der Waals surface area contributed by atoms with Gasteiger partial charge in [-0.05, 0) is 31.5 Å². The van der Waals surface area contributed by atoms with Crippen molar-refractivity contribution < 1.29 is 9.53 Å². The topological polar surface area (TPSA) is 77.3 Å². The number of nitrogens with zero attached hydrogens (tertiary/aromatic N) is 2. The smallest absolute Gasteiger partial charge is 0.328 e. The summed E-state index contributed by atoms with van der Waals surface area (Å²) in [7, 11) is 3.41. The normalized spacial score (nSPS) is 12.0. The van der Waals surface area contributed by atoms with E-state index in [2.05, 4.69) is 10.6 Å². The van der Waals surface area contributed by atoms with Gasteiger partial charge in [-0.15, -0.1) is 0 Å². The van der Waals surface area contributed by atoms with Gasteiger partial charge in [-0.25, -0.2) is 9.59 Å². The Morgan fingerprint density at radius 1 is 1.11 bits per heavy atom. The Labute approximate surface area is 157 Å². The predicted molar refractivity (Wildman–Crippen MR) is 107 cm³/mol. The minimum atomic E-state index is -0.317. The van der Waals surface area contributed by atoms with Crippen LogP contribution in [0.1, 0.15) is 20.3 Å². The Balaban J connectivity index is 2.05. The number of anilines is 1. The van der Waals surface area contributed by atoms with Crippen molar-refractivity contribution >= 4 is 22.8 Å².